The first-order chi connectivity index (χ1) is 5.33. The molecule has 11 heavy (non-hydrogen) atoms. The molecule has 0 aliphatic carbocycles. The van der Waals surface area contributed by atoms with Crippen molar-refractivity contribution in [2.45, 2.75) is 31.7 Å². The van der Waals surface area contributed by atoms with Gasteiger partial charge < -0.3 is 10.6 Å². The predicted molar refractivity (Wildman–Crippen MR) is 48.2 cm³/mol. The zero-order valence-corrected chi connectivity index (χ0v) is 7.26. The Morgan fingerprint density at radius 1 is 1.36 bits per heavy atom. The number of likely N-dealkylation sites (tertiary alicyclic amines) is 1. The second-order valence-corrected chi connectivity index (χ2v) is 3.39. The highest BCUT2D eigenvalue weighted by Crippen LogP contribution is 2.08. The highest BCUT2D eigenvalue weighted by Gasteiger charge is 2.14. The lowest BCUT2D eigenvalue weighted by molar-refractivity contribution is 0.211. The molecule has 0 bridgehead atoms. The van der Waals surface area contributed by atoms with E-state index in [1.165, 1.54) is 38.9 Å². The molecule has 1 aliphatic rings. The van der Waals surface area contributed by atoms with Crippen LogP contribution in [0.4, 0.5) is 0 Å². The molecule has 2 heteroatoms. The Bertz CT molecular complexity index is 93.0. The third-order valence-electron chi connectivity index (χ3n) is 2.36. The third-order valence-corrected chi connectivity index (χ3v) is 2.36. The number of piperidine rings is 1. The van der Waals surface area contributed by atoms with Crippen molar-refractivity contribution < 1.29 is 0 Å². The summed E-state index contributed by atoms with van der Waals surface area (Å²) in [7, 11) is 0. The Balaban J connectivity index is 2.07. The van der Waals surface area contributed by atoms with Crippen LogP contribution in [-0.4, -0.2) is 30.6 Å². The highest BCUT2D eigenvalue weighted by atomic mass is 15.1. The zero-order valence-electron chi connectivity index (χ0n) is 7.26. The van der Waals surface area contributed by atoms with E-state index in [4.69, 9.17) is 5.73 Å². The first kappa shape index (κ1) is 9.01. The largest absolute Gasteiger partial charge is 0.328 e. The lowest BCUT2D eigenvalue weighted by atomic mass is 10.1. The van der Waals surface area contributed by atoms with Crippen LogP contribution >= 0.6 is 0 Å². The normalized spacial score (nSPS) is 22.4. The summed E-state index contributed by atoms with van der Waals surface area (Å²) in [5.74, 6) is 0. The maximum atomic E-state index is 5.79. The number of hydrogen-bond donors (Lipinski definition) is 1. The fourth-order valence-electron chi connectivity index (χ4n) is 1.51. The first-order valence-corrected chi connectivity index (χ1v) is 4.60. The molecule has 1 fully saturated rings. The van der Waals surface area contributed by atoms with Crippen LogP contribution in [-0.2, 0) is 0 Å². The van der Waals surface area contributed by atoms with Crippen LogP contribution < -0.4 is 5.73 Å². The molecule has 1 heterocycles. The lowest BCUT2D eigenvalue weighted by Gasteiger charge is -2.29. The van der Waals surface area contributed by atoms with Gasteiger partial charge >= 0.3 is 0 Å². The van der Waals surface area contributed by atoms with Crippen molar-refractivity contribution in [2.75, 3.05) is 19.6 Å². The standard InChI is InChI=1S/C9H19N2/c1-2-3-6-11-7-4-9(10)5-8-11/h9H,1-8,10H2. The molecule has 0 aromatic rings. The van der Waals surface area contributed by atoms with Gasteiger partial charge in [-0.25, -0.2) is 0 Å². The van der Waals surface area contributed by atoms with E-state index in [1.54, 1.807) is 0 Å². The van der Waals surface area contributed by atoms with Crippen molar-refractivity contribution in [2.24, 2.45) is 5.73 Å². The number of hydrogen-bond acceptors (Lipinski definition) is 2. The van der Waals surface area contributed by atoms with Gasteiger partial charge in [-0.2, -0.15) is 0 Å². The number of rotatable bonds is 3. The maximum Gasteiger partial charge on any atom is 0.00631 e. The van der Waals surface area contributed by atoms with Crippen molar-refractivity contribution in [1.29, 1.82) is 0 Å². The van der Waals surface area contributed by atoms with Crippen LogP contribution in [0.15, 0.2) is 0 Å². The summed E-state index contributed by atoms with van der Waals surface area (Å²) >= 11 is 0. The van der Waals surface area contributed by atoms with E-state index >= 15 is 0 Å². The van der Waals surface area contributed by atoms with Gasteiger partial charge in [0.15, 0.2) is 0 Å². The molecule has 0 aromatic heterocycles. The maximum absolute atomic E-state index is 5.79. The number of unbranched alkanes of at least 4 members (excludes halogenated alkanes) is 1. The summed E-state index contributed by atoms with van der Waals surface area (Å²) in [6, 6.07) is 0.464. The molecule has 0 amide bonds. The van der Waals surface area contributed by atoms with E-state index in [0.717, 1.165) is 6.42 Å². The minimum Gasteiger partial charge on any atom is -0.328 e. The Labute approximate surface area is 69.8 Å². The average molecular weight is 155 g/mol. The highest BCUT2D eigenvalue weighted by molar-refractivity contribution is 4.73. The Hall–Kier alpha value is -0.0800. The van der Waals surface area contributed by atoms with Crippen molar-refractivity contribution in [3.8, 4) is 0 Å². The van der Waals surface area contributed by atoms with Crippen molar-refractivity contribution in [1.82, 2.24) is 4.90 Å². The lowest BCUT2D eigenvalue weighted by Crippen LogP contribution is -2.39. The van der Waals surface area contributed by atoms with E-state index in [0.29, 0.717) is 6.04 Å². The van der Waals surface area contributed by atoms with Crippen molar-refractivity contribution >= 4 is 0 Å². The van der Waals surface area contributed by atoms with E-state index in [9.17, 15) is 0 Å². The van der Waals surface area contributed by atoms with Crippen LogP contribution in [0.1, 0.15) is 25.7 Å². The molecule has 1 aliphatic heterocycles. The average Bonchev–Trinajstić information content (AvgIpc) is 2.04. The van der Waals surface area contributed by atoms with Crippen LogP contribution in [0, 0.1) is 6.92 Å². The van der Waals surface area contributed by atoms with E-state index in [1.807, 2.05) is 0 Å². The van der Waals surface area contributed by atoms with E-state index in [-0.39, 0.29) is 0 Å². The van der Waals surface area contributed by atoms with Crippen molar-refractivity contribution in [3.05, 3.63) is 6.92 Å². The van der Waals surface area contributed by atoms with Gasteiger partial charge in [-0.3, -0.25) is 0 Å². The van der Waals surface area contributed by atoms with E-state index in [2.05, 4.69) is 11.8 Å². The summed E-state index contributed by atoms with van der Waals surface area (Å²) < 4.78 is 0. The minimum atomic E-state index is 0.464. The van der Waals surface area contributed by atoms with Crippen LogP contribution in [0.3, 0.4) is 0 Å². The molecule has 0 unspecified atom stereocenters. The van der Waals surface area contributed by atoms with Gasteiger partial charge in [-0.05, 0) is 38.9 Å². The Kier molecular flexibility index (Phi) is 3.87. The fourth-order valence-corrected chi connectivity index (χ4v) is 1.51. The molecule has 2 nitrogen and oxygen atoms in total. The molecule has 0 aromatic carbocycles. The van der Waals surface area contributed by atoms with Gasteiger partial charge in [0, 0.05) is 6.04 Å². The molecule has 1 radical (unpaired) electrons. The molecule has 1 saturated heterocycles. The zero-order chi connectivity index (χ0) is 8.10. The molecule has 0 spiro atoms. The van der Waals surface area contributed by atoms with Crippen LogP contribution in [0.5, 0.6) is 0 Å². The molecule has 1 rings (SSSR count). The SMILES string of the molecule is [CH2]CCCN1CCC(N)CC1. The molecular weight excluding hydrogens is 136 g/mol. The Morgan fingerprint density at radius 2 is 2.00 bits per heavy atom. The summed E-state index contributed by atoms with van der Waals surface area (Å²) in [5, 5.41) is 0. The first-order valence-electron chi connectivity index (χ1n) is 4.60. The summed E-state index contributed by atoms with van der Waals surface area (Å²) in [5.41, 5.74) is 5.79. The topological polar surface area (TPSA) is 29.3 Å². The molecule has 65 valence electrons. The van der Waals surface area contributed by atoms with Gasteiger partial charge in [-0.1, -0.05) is 13.3 Å². The van der Waals surface area contributed by atoms with Gasteiger partial charge in [0.2, 0.25) is 0 Å². The monoisotopic (exact) mass is 155 g/mol. The van der Waals surface area contributed by atoms with E-state index < -0.39 is 0 Å². The smallest absolute Gasteiger partial charge is 0.00631 e. The van der Waals surface area contributed by atoms with Gasteiger partial charge in [0.1, 0.15) is 0 Å². The summed E-state index contributed by atoms with van der Waals surface area (Å²) in [4.78, 5) is 2.49. The summed E-state index contributed by atoms with van der Waals surface area (Å²) in [6.45, 7) is 7.44. The molecular formula is C9H19N2. The van der Waals surface area contributed by atoms with Crippen LogP contribution in [0.25, 0.3) is 0 Å². The third kappa shape index (κ3) is 3.21. The molecule has 2 N–H and O–H groups in total. The van der Waals surface area contributed by atoms with Gasteiger partial charge in [-0.15, -0.1) is 0 Å². The predicted octanol–water partition coefficient (Wildman–Crippen LogP) is 1.02. The number of nitrogens with two attached hydrogens (primary N) is 1. The fraction of sp³-hybridized carbons (Fsp3) is 0.889. The Morgan fingerprint density at radius 3 is 2.55 bits per heavy atom. The van der Waals surface area contributed by atoms with Crippen molar-refractivity contribution in [3.63, 3.8) is 0 Å². The van der Waals surface area contributed by atoms with Crippen LogP contribution in [0.2, 0.25) is 0 Å². The second kappa shape index (κ2) is 4.73. The quantitative estimate of drug-likeness (QED) is 0.659. The van der Waals surface area contributed by atoms with Gasteiger partial charge in [0.25, 0.3) is 0 Å². The second-order valence-electron chi connectivity index (χ2n) is 3.39. The minimum absolute atomic E-state index is 0.464. The molecule has 0 atom stereocenters. The number of nitrogens with zero attached hydrogens (tertiary/aromatic N) is 1. The summed E-state index contributed by atoms with van der Waals surface area (Å²) in [6.07, 6.45) is 4.64. The molecule has 0 saturated carbocycles. The van der Waals surface area contributed by atoms with Gasteiger partial charge in [0.05, 0.1) is 0 Å².